The van der Waals surface area contributed by atoms with Crippen LogP contribution in [0.5, 0.6) is 0 Å². The largest absolute Gasteiger partial charge is 0.286 e. The van der Waals surface area contributed by atoms with E-state index in [0.29, 0.717) is 10.6 Å². The fourth-order valence-corrected chi connectivity index (χ4v) is 2.44. The van der Waals surface area contributed by atoms with Crippen LogP contribution in [0.1, 0.15) is 46.5 Å². The zero-order valence-electron chi connectivity index (χ0n) is 13.3. The van der Waals surface area contributed by atoms with Crippen LogP contribution in [-0.2, 0) is 0 Å². The number of hydrogen-bond donors (Lipinski definition) is 1. The molecule has 0 saturated heterocycles. The smallest absolute Gasteiger partial charge is 0.267 e. The van der Waals surface area contributed by atoms with Crippen molar-refractivity contribution < 1.29 is 14.0 Å². The summed E-state index contributed by atoms with van der Waals surface area (Å²) >= 11 is 0.964. The minimum Gasteiger partial charge on any atom is -0.267 e. The van der Waals surface area contributed by atoms with Crippen LogP contribution in [0.15, 0.2) is 24.3 Å². The molecule has 2 rings (SSSR count). The van der Waals surface area contributed by atoms with E-state index in [1.54, 1.807) is 27.7 Å². The lowest BCUT2D eigenvalue weighted by Crippen LogP contribution is -2.55. The van der Waals surface area contributed by atoms with Crippen LogP contribution in [0.25, 0.3) is 0 Å². The summed E-state index contributed by atoms with van der Waals surface area (Å²) in [4.78, 5) is 25.3. The molecule has 0 aliphatic carbocycles. The Hall–Kier alpha value is -2.35. The van der Waals surface area contributed by atoms with Crippen molar-refractivity contribution in [3.63, 3.8) is 0 Å². The molecule has 122 valence electrons. The van der Waals surface area contributed by atoms with Gasteiger partial charge in [-0.1, -0.05) is 10.6 Å². The zero-order valence-corrected chi connectivity index (χ0v) is 14.1. The Kier molecular flexibility index (Phi) is 4.74. The number of benzene rings is 1. The van der Waals surface area contributed by atoms with E-state index in [1.165, 1.54) is 23.2 Å². The third-order valence-corrected chi connectivity index (χ3v) is 3.84. The number of hydrazine groups is 1. The summed E-state index contributed by atoms with van der Waals surface area (Å²) in [6.45, 7) is 7.01. The zero-order chi connectivity index (χ0) is 17.2. The first-order chi connectivity index (χ1) is 10.7. The quantitative estimate of drug-likeness (QED) is 0.855. The minimum absolute atomic E-state index is 0.131. The molecule has 1 heterocycles. The van der Waals surface area contributed by atoms with Gasteiger partial charge in [0.05, 0.1) is 11.2 Å². The van der Waals surface area contributed by atoms with Crippen LogP contribution in [0.4, 0.5) is 4.39 Å². The number of hydrogen-bond acceptors (Lipinski definition) is 5. The molecule has 0 aliphatic rings. The van der Waals surface area contributed by atoms with Crippen LogP contribution in [0, 0.1) is 12.7 Å². The Morgan fingerprint density at radius 3 is 2.52 bits per heavy atom. The molecule has 0 saturated carbocycles. The lowest BCUT2D eigenvalue weighted by molar-refractivity contribution is 0.0362. The lowest BCUT2D eigenvalue weighted by atomic mass is 10.1. The molecule has 1 aromatic carbocycles. The van der Waals surface area contributed by atoms with Gasteiger partial charge in [-0.05, 0) is 57.4 Å². The normalized spacial score (nSPS) is 11.2. The van der Waals surface area contributed by atoms with Crippen molar-refractivity contribution >= 4 is 23.3 Å². The topological polar surface area (TPSA) is 75.2 Å². The predicted molar refractivity (Wildman–Crippen MR) is 84.4 cm³/mol. The Morgan fingerprint density at radius 1 is 1.30 bits per heavy atom. The molecule has 1 aromatic heterocycles. The molecular weight excluding hydrogens is 319 g/mol. The highest BCUT2D eigenvalue weighted by molar-refractivity contribution is 7.07. The summed E-state index contributed by atoms with van der Waals surface area (Å²) in [6, 6.07) is 5.27. The number of aryl methyl sites for hydroxylation is 1. The summed E-state index contributed by atoms with van der Waals surface area (Å²) in [6.07, 6.45) is 0. The highest BCUT2D eigenvalue weighted by Crippen LogP contribution is 2.19. The average molecular weight is 336 g/mol. The fourth-order valence-electron chi connectivity index (χ4n) is 1.85. The van der Waals surface area contributed by atoms with E-state index in [-0.39, 0.29) is 5.56 Å². The van der Waals surface area contributed by atoms with Crippen LogP contribution in [0.3, 0.4) is 0 Å². The Balaban J connectivity index is 2.28. The monoisotopic (exact) mass is 336 g/mol. The second kappa shape index (κ2) is 6.41. The number of nitrogens with zero attached hydrogens (tertiary/aromatic N) is 3. The fraction of sp³-hybridized carbons (Fsp3) is 0.333. The van der Waals surface area contributed by atoms with Crippen molar-refractivity contribution in [2.24, 2.45) is 0 Å². The third-order valence-electron chi connectivity index (χ3n) is 3.02. The molecule has 8 heteroatoms. The Morgan fingerprint density at radius 2 is 2.00 bits per heavy atom. The van der Waals surface area contributed by atoms with E-state index in [2.05, 4.69) is 15.0 Å². The van der Waals surface area contributed by atoms with Crippen molar-refractivity contribution in [3.05, 3.63) is 46.2 Å². The number of nitrogens with one attached hydrogen (secondary N) is 1. The number of rotatable bonds is 2. The van der Waals surface area contributed by atoms with Crippen LogP contribution >= 0.6 is 11.5 Å². The maximum absolute atomic E-state index is 13.3. The molecule has 2 amide bonds. The number of carbonyl (C=O) groups excluding carboxylic acids is 2. The van der Waals surface area contributed by atoms with Crippen LogP contribution in [-0.4, -0.2) is 31.9 Å². The summed E-state index contributed by atoms with van der Waals surface area (Å²) < 4.78 is 17.0. The molecule has 2 aromatic rings. The van der Waals surface area contributed by atoms with Gasteiger partial charge in [0, 0.05) is 5.56 Å². The summed E-state index contributed by atoms with van der Waals surface area (Å²) in [5.41, 5.74) is 2.49. The van der Waals surface area contributed by atoms with Crippen LogP contribution in [0.2, 0.25) is 0 Å². The van der Waals surface area contributed by atoms with Crippen molar-refractivity contribution in [3.8, 4) is 0 Å². The number of aromatic nitrogens is 2. The van der Waals surface area contributed by atoms with E-state index >= 15 is 0 Å². The maximum Gasteiger partial charge on any atom is 0.286 e. The predicted octanol–water partition coefficient (Wildman–Crippen LogP) is 2.57. The Bertz CT molecular complexity index is 739. The SMILES string of the molecule is Cc1nnsc1C(=O)N(NC(=O)c1cccc(F)c1)C(C)(C)C. The van der Waals surface area contributed by atoms with Crippen molar-refractivity contribution in [2.75, 3.05) is 0 Å². The molecule has 0 atom stereocenters. The van der Waals surface area contributed by atoms with Crippen molar-refractivity contribution in [1.29, 1.82) is 0 Å². The number of halogens is 1. The number of amides is 2. The summed E-state index contributed by atoms with van der Waals surface area (Å²) in [5.74, 6) is -1.49. The van der Waals surface area contributed by atoms with Gasteiger partial charge in [0.15, 0.2) is 0 Å². The van der Waals surface area contributed by atoms with Crippen LogP contribution < -0.4 is 5.43 Å². The first kappa shape index (κ1) is 17.0. The summed E-state index contributed by atoms with van der Waals surface area (Å²) in [7, 11) is 0. The van der Waals surface area contributed by atoms with Gasteiger partial charge in [-0.3, -0.25) is 15.0 Å². The molecule has 23 heavy (non-hydrogen) atoms. The summed E-state index contributed by atoms with van der Waals surface area (Å²) in [5, 5.41) is 5.02. The van der Waals surface area contributed by atoms with E-state index in [0.717, 1.165) is 17.6 Å². The van der Waals surface area contributed by atoms with Crippen molar-refractivity contribution in [1.82, 2.24) is 20.0 Å². The number of carbonyl (C=O) groups is 2. The molecule has 0 fully saturated rings. The van der Waals surface area contributed by atoms with Gasteiger partial charge in [0.1, 0.15) is 10.7 Å². The highest BCUT2D eigenvalue weighted by atomic mass is 32.1. The second-order valence-corrected chi connectivity index (χ2v) is 6.70. The van der Waals surface area contributed by atoms with Gasteiger partial charge in [-0.2, -0.15) is 0 Å². The first-order valence-electron chi connectivity index (χ1n) is 6.90. The van der Waals surface area contributed by atoms with Gasteiger partial charge >= 0.3 is 0 Å². The van der Waals surface area contributed by atoms with Gasteiger partial charge in [-0.15, -0.1) is 5.10 Å². The van der Waals surface area contributed by atoms with Crippen molar-refractivity contribution in [2.45, 2.75) is 33.2 Å². The molecule has 0 bridgehead atoms. The van der Waals surface area contributed by atoms with E-state index in [1.807, 2.05) is 0 Å². The molecule has 0 unspecified atom stereocenters. The van der Waals surface area contributed by atoms with E-state index in [4.69, 9.17) is 0 Å². The van der Waals surface area contributed by atoms with E-state index < -0.39 is 23.2 Å². The van der Waals surface area contributed by atoms with Gasteiger partial charge in [0.25, 0.3) is 11.8 Å². The minimum atomic E-state index is -0.684. The van der Waals surface area contributed by atoms with Gasteiger partial charge in [-0.25, -0.2) is 9.40 Å². The molecule has 0 spiro atoms. The van der Waals surface area contributed by atoms with Gasteiger partial charge < -0.3 is 0 Å². The maximum atomic E-state index is 13.3. The lowest BCUT2D eigenvalue weighted by Gasteiger charge is -2.35. The molecule has 1 N–H and O–H groups in total. The average Bonchev–Trinajstić information content (AvgIpc) is 2.88. The third kappa shape index (κ3) is 3.89. The molecule has 6 nitrogen and oxygen atoms in total. The standard InChI is InChI=1S/C15H17FN4O2S/c1-9-12(23-19-17-9)14(22)20(15(2,3)4)18-13(21)10-6-5-7-11(16)8-10/h5-8H,1-4H3,(H,18,21). The molecule has 0 radical (unpaired) electrons. The Labute approximate surface area is 137 Å². The van der Waals surface area contributed by atoms with Gasteiger partial charge in [0.2, 0.25) is 0 Å². The molecule has 0 aliphatic heterocycles. The molecular formula is C15H17FN4O2S. The van der Waals surface area contributed by atoms with E-state index in [9.17, 15) is 14.0 Å². The first-order valence-corrected chi connectivity index (χ1v) is 7.67. The second-order valence-electron chi connectivity index (χ2n) is 5.95. The highest BCUT2D eigenvalue weighted by Gasteiger charge is 2.31.